The van der Waals surface area contributed by atoms with Crippen LogP contribution in [-0.4, -0.2) is 7.85 Å². The van der Waals surface area contributed by atoms with Crippen molar-refractivity contribution in [3.05, 3.63) is 36.4 Å². The van der Waals surface area contributed by atoms with Gasteiger partial charge in [-0.3, -0.25) is 0 Å². The third-order valence-electron chi connectivity index (χ3n) is 2.04. The van der Waals surface area contributed by atoms with Crippen LogP contribution >= 0.6 is 0 Å². The fourth-order valence-corrected chi connectivity index (χ4v) is 1.50. The smallest absolute Gasteiger partial charge is 0.139 e. The molecule has 0 fully saturated rings. The lowest BCUT2D eigenvalue weighted by Crippen LogP contribution is -2.03. The molecule has 0 aliphatic heterocycles. The van der Waals surface area contributed by atoms with Crippen LogP contribution in [0.3, 0.4) is 0 Å². The van der Waals surface area contributed by atoms with E-state index in [0.29, 0.717) is 0 Å². The van der Waals surface area contributed by atoms with Crippen molar-refractivity contribution in [1.29, 1.82) is 0 Å². The molecule has 0 amide bonds. The van der Waals surface area contributed by atoms with Crippen molar-refractivity contribution >= 4 is 29.8 Å². The highest BCUT2D eigenvalue weighted by Gasteiger charge is 1.96. The quantitative estimate of drug-likeness (QED) is 0.439. The van der Waals surface area contributed by atoms with E-state index >= 15 is 0 Å². The lowest BCUT2D eigenvalue weighted by Gasteiger charge is -2.02. The lowest BCUT2D eigenvalue weighted by atomic mass is 9.92. The largest absolute Gasteiger partial charge is 0.398 e. The first-order valence-electron chi connectivity index (χ1n) is 4.02. The number of nitrogens with two attached hydrogens (primary N) is 1. The number of rotatable bonds is 0. The maximum absolute atomic E-state index is 5.86. The Balaban J connectivity index is 2.89. The molecule has 2 aromatic rings. The first-order valence-corrected chi connectivity index (χ1v) is 4.02. The molecule has 0 spiro atoms. The highest BCUT2D eigenvalue weighted by atomic mass is 14.5. The van der Waals surface area contributed by atoms with Crippen LogP contribution in [0.15, 0.2) is 36.4 Å². The molecule has 58 valence electrons. The molecule has 0 heterocycles. The van der Waals surface area contributed by atoms with E-state index in [4.69, 9.17) is 5.73 Å². The number of hydrogen-bond acceptors (Lipinski definition) is 1. The summed E-state index contributed by atoms with van der Waals surface area (Å²) >= 11 is 0. The van der Waals surface area contributed by atoms with E-state index in [2.05, 4.69) is 20.0 Å². The minimum absolute atomic E-state index is 0.866. The zero-order valence-corrected chi connectivity index (χ0v) is 7.04. The Kier molecular flexibility index (Phi) is 1.54. The van der Waals surface area contributed by atoms with Gasteiger partial charge in [0.1, 0.15) is 7.85 Å². The Morgan fingerprint density at radius 1 is 1.08 bits per heavy atom. The summed E-state index contributed by atoms with van der Waals surface area (Å²) in [5.74, 6) is 0. The summed E-state index contributed by atoms with van der Waals surface area (Å²) in [7, 11) is 2.06. The molecular weight excluding hydrogens is 145 g/mol. The minimum atomic E-state index is 0.866. The van der Waals surface area contributed by atoms with Crippen LogP contribution in [0, 0.1) is 0 Å². The van der Waals surface area contributed by atoms with E-state index in [1.54, 1.807) is 0 Å². The molecule has 0 bridgehead atoms. The summed E-state index contributed by atoms with van der Waals surface area (Å²) in [5, 5.41) is 2.36. The Morgan fingerprint density at radius 2 is 1.83 bits per heavy atom. The molecule has 0 radical (unpaired) electrons. The number of fused-ring (bicyclic) bond motifs is 1. The SMILES string of the molecule is Bc1cc(N)c2ccccc2c1. The van der Waals surface area contributed by atoms with Crippen LogP contribution in [0.2, 0.25) is 0 Å². The highest BCUT2D eigenvalue weighted by Crippen LogP contribution is 2.18. The van der Waals surface area contributed by atoms with Gasteiger partial charge < -0.3 is 5.73 Å². The van der Waals surface area contributed by atoms with Crippen LogP contribution in [0.4, 0.5) is 5.69 Å². The first kappa shape index (κ1) is 7.23. The molecule has 2 rings (SSSR count). The maximum atomic E-state index is 5.86. The molecule has 0 aliphatic rings. The highest BCUT2D eigenvalue weighted by molar-refractivity contribution is 6.33. The molecule has 2 heteroatoms. The van der Waals surface area contributed by atoms with Gasteiger partial charge in [0.2, 0.25) is 0 Å². The normalized spacial score (nSPS) is 10.3. The molecule has 0 aliphatic carbocycles. The van der Waals surface area contributed by atoms with Crippen molar-refractivity contribution < 1.29 is 0 Å². The van der Waals surface area contributed by atoms with E-state index in [0.717, 1.165) is 11.1 Å². The molecule has 2 aromatic carbocycles. The van der Waals surface area contributed by atoms with Gasteiger partial charge in [-0.2, -0.15) is 0 Å². The number of nitrogen functional groups attached to an aromatic ring is 1. The number of hydrogen-bond donors (Lipinski definition) is 1. The van der Waals surface area contributed by atoms with Crippen LogP contribution in [0.25, 0.3) is 10.8 Å². The van der Waals surface area contributed by atoms with Gasteiger partial charge in [0.25, 0.3) is 0 Å². The molecule has 0 saturated carbocycles. The van der Waals surface area contributed by atoms with E-state index in [9.17, 15) is 0 Å². The number of benzene rings is 2. The summed E-state index contributed by atoms with van der Waals surface area (Å²) in [6.45, 7) is 0. The van der Waals surface area contributed by atoms with E-state index in [-0.39, 0.29) is 0 Å². The second-order valence-corrected chi connectivity index (χ2v) is 3.08. The van der Waals surface area contributed by atoms with E-state index in [1.807, 2.05) is 24.3 Å². The Morgan fingerprint density at radius 3 is 2.67 bits per heavy atom. The van der Waals surface area contributed by atoms with Gasteiger partial charge in [-0.1, -0.05) is 35.8 Å². The van der Waals surface area contributed by atoms with Gasteiger partial charge in [-0.05, 0) is 11.5 Å². The molecular formula is C10H10BN. The van der Waals surface area contributed by atoms with E-state index < -0.39 is 0 Å². The monoisotopic (exact) mass is 155 g/mol. The standard InChI is InChI=1S/C10H10BN/c11-8-5-7-3-1-2-4-9(7)10(12)6-8/h1-6H,11-12H2. The fraction of sp³-hybridized carbons (Fsp3) is 0. The second kappa shape index (κ2) is 2.56. The van der Waals surface area contributed by atoms with Gasteiger partial charge in [0, 0.05) is 11.1 Å². The summed E-state index contributed by atoms with van der Waals surface area (Å²) in [6, 6.07) is 12.3. The zero-order valence-electron chi connectivity index (χ0n) is 7.04. The van der Waals surface area contributed by atoms with Gasteiger partial charge in [0.15, 0.2) is 0 Å². The van der Waals surface area contributed by atoms with Gasteiger partial charge in [-0.15, -0.1) is 0 Å². The average molecular weight is 155 g/mol. The fourth-order valence-electron chi connectivity index (χ4n) is 1.50. The molecule has 0 aromatic heterocycles. The molecule has 12 heavy (non-hydrogen) atoms. The minimum Gasteiger partial charge on any atom is -0.398 e. The maximum Gasteiger partial charge on any atom is 0.139 e. The summed E-state index contributed by atoms with van der Waals surface area (Å²) in [5.41, 5.74) is 7.94. The molecule has 0 unspecified atom stereocenters. The summed E-state index contributed by atoms with van der Waals surface area (Å²) in [4.78, 5) is 0. The summed E-state index contributed by atoms with van der Waals surface area (Å²) in [6.07, 6.45) is 0. The molecule has 0 saturated heterocycles. The Hall–Kier alpha value is -1.44. The van der Waals surface area contributed by atoms with Crippen molar-refractivity contribution in [2.75, 3.05) is 5.73 Å². The third-order valence-corrected chi connectivity index (χ3v) is 2.04. The van der Waals surface area contributed by atoms with Gasteiger partial charge in [-0.25, -0.2) is 0 Å². The topological polar surface area (TPSA) is 26.0 Å². The number of anilines is 1. The first-order chi connectivity index (χ1) is 5.77. The van der Waals surface area contributed by atoms with Crippen molar-refractivity contribution in [3.63, 3.8) is 0 Å². The van der Waals surface area contributed by atoms with Crippen LogP contribution in [0.1, 0.15) is 0 Å². The van der Waals surface area contributed by atoms with E-state index in [1.165, 1.54) is 10.8 Å². The zero-order chi connectivity index (χ0) is 8.55. The van der Waals surface area contributed by atoms with Crippen molar-refractivity contribution in [1.82, 2.24) is 0 Å². The molecule has 2 N–H and O–H groups in total. The van der Waals surface area contributed by atoms with Gasteiger partial charge in [0.05, 0.1) is 0 Å². The predicted molar refractivity (Wildman–Crippen MR) is 56.5 cm³/mol. The van der Waals surface area contributed by atoms with Gasteiger partial charge >= 0.3 is 0 Å². The lowest BCUT2D eigenvalue weighted by molar-refractivity contribution is 1.76. The molecule has 1 nitrogen and oxygen atoms in total. The Labute approximate surface area is 72.6 Å². The van der Waals surface area contributed by atoms with Crippen LogP contribution in [0.5, 0.6) is 0 Å². The molecule has 0 atom stereocenters. The predicted octanol–water partition coefficient (Wildman–Crippen LogP) is 0.680. The second-order valence-electron chi connectivity index (χ2n) is 3.08. The third kappa shape index (κ3) is 1.05. The average Bonchev–Trinajstić information content (AvgIpc) is 2.04. The summed E-state index contributed by atoms with van der Waals surface area (Å²) < 4.78 is 0. The Bertz CT molecular complexity index is 423. The van der Waals surface area contributed by atoms with Crippen molar-refractivity contribution in [2.24, 2.45) is 0 Å². The van der Waals surface area contributed by atoms with Crippen molar-refractivity contribution in [3.8, 4) is 0 Å². The van der Waals surface area contributed by atoms with Crippen LogP contribution < -0.4 is 11.2 Å². The van der Waals surface area contributed by atoms with Crippen LogP contribution in [-0.2, 0) is 0 Å². The van der Waals surface area contributed by atoms with Crippen molar-refractivity contribution in [2.45, 2.75) is 0 Å².